The molecule has 0 amide bonds. The van der Waals surface area contributed by atoms with Crippen LogP contribution in [0.5, 0.6) is 0 Å². The summed E-state index contributed by atoms with van der Waals surface area (Å²) in [6.45, 7) is 5.89. The molecule has 5 nitrogen and oxygen atoms in total. The van der Waals surface area contributed by atoms with Crippen LogP contribution in [0.4, 0.5) is 0 Å². The van der Waals surface area contributed by atoms with Crippen LogP contribution < -0.4 is 4.72 Å². The molecule has 3 N–H and O–H groups in total. The summed E-state index contributed by atoms with van der Waals surface area (Å²) in [6.07, 6.45) is 3.19. The van der Waals surface area contributed by atoms with E-state index in [9.17, 15) is 8.42 Å². The molecule has 1 atom stereocenters. The molecule has 0 aliphatic heterocycles. The Balaban J connectivity index is 2.64. The summed E-state index contributed by atoms with van der Waals surface area (Å²) in [4.78, 5) is 2.89. The number of aromatic amines is 1. The molecule has 104 valence electrons. The van der Waals surface area contributed by atoms with Crippen LogP contribution in [0.3, 0.4) is 0 Å². The van der Waals surface area contributed by atoms with Gasteiger partial charge in [-0.2, -0.15) is 0 Å². The first kappa shape index (κ1) is 15.2. The van der Waals surface area contributed by atoms with Crippen molar-refractivity contribution in [2.24, 2.45) is 5.92 Å². The Morgan fingerprint density at radius 3 is 2.50 bits per heavy atom. The predicted molar refractivity (Wildman–Crippen MR) is 70.6 cm³/mol. The third-order valence-electron chi connectivity index (χ3n) is 2.73. The fraction of sp³-hybridized carbons (Fsp3) is 0.667. The highest BCUT2D eigenvalue weighted by atomic mass is 32.2. The lowest BCUT2D eigenvalue weighted by Gasteiger charge is -2.14. The van der Waals surface area contributed by atoms with Gasteiger partial charge < -0.3 is 10.1 Å². The molecule has 0 fully saturated rings. The minimum atomic E-state index is -3.49. The van der Waals surface area contributed by atoms with Crippen molar-refractivity contribution in [1.29, 1.82) is 0 Å². The Labute approximate surface area is 109 Å². The number of hydrogen-bond acceptors (Lipinski definition) is 3. The van der Waals surface area contributed by atoms with Gasteiger partial charge in [0.1, 0.15) is 0 Å². The van der Waals surface area contributed by atoms with Crippen molar-refractivity contribution in [1.82, 2.24) is 9.71 Å². The van der Waals surface area contributed by atoms with Gasteiger partial charge in [-0.1, -0.05) is 13.8 Å². The van der Waals surface area contributed by atoms with Gasteiger partial charge in [0.25, 0.3) is 0 Å². The number of aromatic nitrogens is 1. The molecule has 1 aromatic rings. The quantitative estimate of drug-likeness (QED) is 0.706. The molecule has 0 radical (unpaired) electrons. The van der Waals surface area contributed by atoms with E-state index in [1.165, 1.54) is 12.3 Å². The van der Waals surface area contributed by atoms with Crippen molar-refractivity contribution in [3.05, 3.63) is 18.0 Å². The highest BCUT2D eigenvalue weighted by molar-refractivity contribution is 7.89. The fourth-order valence-electron chi connectivity index (χ4n) is 1.64. The van der Waals surface area contributed by atoms with Crippen molar-refractivity contribution in [3.8, 4) is 0 Å². The second kappa shape index (κ2) is 6.36. The first-order chi connectivity index (χ1) is 8.35. The molecule has 0 saturated heterocycles. The van der Waals surface area contributed by atoms with E-state index in [2.05, 4.69) is 23.6 Å². The van der Waals surface area contributed by atoms with Crippen LogP contribution in [0.2, 0.25) is 0 Å². The molecule has 6 heteroatoms. The maximum atomic E-state index is 12.0. The standard InChI is InChI=1S/C12H22N2O3S/c1-9(2)4-5-10(3)14-18(16,17)12-6-11(8-15)13-7-12/h6-7,9-10,13-15H,4-5,8H2,1-3H3. The Bertz CT molecular complexity index is 465. The normalized spacial score (nSPS) is 14.1. The minimum absolute atomic E-state index is 0.0927. The average Bonchev–Trinajstić information content (AvgIpc) is 2.75. The summed E-state index contributed by atoms with van der Waals surface area (Å²) < 4.78 is 26.6. The Morgan fingerprint density at radius 2 is 2.00 bits per heavy atom. The maximum absolute atomic E-state index is 12.0. The molecular formula is C12H22N2O3S. The van der Waals surface area contributed by atoms with Gasteiger partial charge in [0.05, 0.1) is 11.5 Å². The molecule has 1 heterocycles. The van der Waals surface area contributed by atoms with Crippen molar-refractivity contribution in [2.45, 2.75) is 51.2 Å². The van der Waals surface area contributed by atoms with Gasteiger partial charge in [-0.3, -0.25) is 0 Å². The molecule has 1 aromatic heterocycles. The first-order valence-corrected chi connectivity index (χ1v) is 7.64. The third-order valence-corrected chi connectivity index (χ3v) is 4.30. The topological polar surface area (TPSA) is 82.2 Å². The lowest BCUT2D eigenvalue weighted by atomic mass is 10.1. The average molecular weight is 274 g/mol. The van der Waals surface area contributed by atoms with Crippen LogP contribution in [-0.4, -0.2) is 24.6 Å². The van der Waals surface area contributed by atoms with Crippen LogP contribution in [0.15, 0.2) is 17.2 Å². The number of nitrogens with one attached hydrogen (secondary N) is 2. The van der Waals surface area contributed by atoms with E-state index in [0.29, 0.717) is 11.6 Å². The van der Waals surface area contributed by atoms with Gasteiger partial charge >= 0.3 is 0 Å². The Hall–Kier alpha value is -0.850. The maximum Gasteiger partial charge on any atom is 0.242 e. The summed E-state index contributed by atoms with van der Waals surface area (Å²) in [5, 5.41) is 8.90. The number of H-pyrrole nitrogens is 1. The van der Waals surface area contributed by atoms with Gasteiger partial charge in [-0.05, 0) is 31.7 Å². The highest BCUT2D eigenvalue weighted by Crippen LogP contribution is 2.13. The SMILES string of the molecule is CC(C)CCC(C)NS(=O)(=O)c1c[nH]c(CO)c1. The Morgan fingerprint density at radius 1 is 1.33 bits per heavy atom. The summed E-state index contributed by atoms with van der Waals surface area (Å²) in [5.74, 6) is 0.560. The van der Waals surface area contributed by atoms with E-state index in [-0.39, 0.29) is 17.5 Å². The summed E-state index contributed by atoms with van der Waals surface area (Å²) in [5.41, 5.74) is 0.491. The van der Waals surface area contributed by atoms with Gasteiger partial charge in [-0.15, -0.1) is 0 Å². The van der Waals surface area contributed by atoms with Crippen molar-refractivity contribution < 1.29 is 13.5 Å². The lowest BCUT2D eigenvalue weighted by molar-refractivity contribution is 0.277. The molecule has 0 aliphatic rings. The summed E-state index contributed by atoms with van der Waals surface area (Å²) >= 11 is 0. The van der Waals surface area contributed by atoms with Gasteiger partial charge in [-0.25, -0.2) is 13.1 Å². The van der Waals surface area contributed by atoms with Crippen LogP contribution >= 0.6 is 0 Å². The largest absolute Gasteiger partial charge is 0.390 e. The highest BCUT2D eigenvalue weighted by Gasteiger charge is 2.18. The van der Waals surface area contributed by atoms with Crippen molar-refractivity contribution >= 4 is 10.0 Å². The Kier molecular flexibility index (Phi) is 5.37. The van der Waals surface area contributed by atoms with Crippen LogP contribution in [0.25, 0.3) is 0 Å². The monoisotopic (exact) mass is 274 g/mol. The van der Waals surface area contributed by atoms with Crippen molar-refractivity contribution in [2.75, 3.05) is 0 Å². The summed E-state index contributed by atoms with van der Waals surface area (Å²) in [7, 11) is -3.49. The molecule has 18 heavy (non-hydrogen) atoms. The molecule has 0 spiro atoms. The van der Waals surface area contributed by atoms with E-state index in [1.54, 1.807) is 0 Å². The minimum Gasteiger partial charge on any atom is -0.390 e. The number of sulfonamides is 1. The van der Waals surface area contributed by atoms with E-state index < -0.39 is 10.0 Å². The summed E-state index contributed by atoms with van der Waals surface area (Å²) in [6, 6.07) is 1.35. The molecule has 1 rings (SSSR count). The number of aliphatic hydroxyl groups excluding tert-OH is 1. The number of hydrogen-bond donors (Lipinski definition) is 3. The van der Waals surface area contributed by atoms with E-state index in [1.807, 2.05) is 6.92 Å². The second-order valence-corrected chi connectivity index (χ2v) is 6.73. The van der Waals surface area contributed by atoms with Crippen LogP contribution in [0, 0.1) is 5.92 Å². The van der Waals surface area contributed by atoms with Gasteiger partial charge in [0, 0.05) is 17.9 Å². The number of rotatable bonds is 7. The zero-order valence-corrected chi connectivity index (χ0v) is 11.9. The smallest absolute Gasteiger partial charge is 0.242 e. The zero-order chi connectivity index (χ0) is 13.8. The number of aliphatic hydroxyl groups is 1. The van der Waals surface area contributed by atoms with Crippen molar-refractivity contribution in [3.63, 3.8) is 0 Å². The second-order valence-electron chi connectivity index (χ2n) is 5.01. The molecule has 0 aromatic carbocycles. The molecule has 0 saturated carbocycles. The van der Waals surface area contributed by atoms with Gasteiger partial charge in [0.2, 0.25) is 10.0 Å². The molecule has 0 bridgehead atoms. The molecule has 0 aliphatic carbocycles. The fourth-order valence-corrected chi connectivity index (χ4v) is 2.94. The molecular weight excluding hydrogens is 252 g/mol. The van der Waals surface area contributed by atoms with E-state index >= 15 is 0 Å². The lowest BCUT2D eigenvalue weighted by Crippen LogP contribution is -2.32. The first-order valence-electron chi connectivity index (χ1n) is 6.15. The van der Waals surface area contributed by atoms with Gasteiger partial charge in [0.15, 0.2) is 0 Å². The zero-order valence-electron chi connectivity index (χ0n) is 11.1. The van der Waals surface area contributed by atoms with Crippen LogP contribution in [0.1, 0.15) is 39.3 Å². The van der Waals surface area contributed by atoms with E-state index in [4.69, 9.17) is 5.11 Å². The van der Waals surface area contributed by atoms with E-state index in [0.717, 1.165) is 12.8 Å². The molecule has 1 unspecified atom stereocenters. The van der Waals surface area contributed by atoms with Crippen LogP contribution in [-0.2, 0) is 16.6 Å². The third kappa shape index (κ3) is 4.44. The predicted octanol–water partition coefficient (Wildman–Crippen LogP) is 1.61.